The lowest BCUT2D eigenvalue weighted by Crippen LogP contribution is -2.26. The summed E-state index contributed by atoms with van der Waals surface area (Å²) in [7, 11) is 1.74. The molecule has 1 heterocycles. The maximum absolute atomic E-state index is 14.3. The summed E-state index contributed by atoms with van der Waals surface area (Å²) in [6, 6.07) is 5.17. The lowest BCUT2D eigenvalue weighted by molar-refractivity contribution is 0.264. The lowest BCUT2D eigenvalue weighted by Gasteiger charge is -2.17. The van der Waals surface area contributed by atoms with E-state index in [9.17, 15) is 9.50 Å². The van der Waals surface area contributed by atoms with Crippen molar-refractivity contribution in [3.63, 3.8) is 0 Å². The van der Waals surface area contributed by atoms with Gasteiger partial charge in [-0.1, -0.05) is 36.7 Å². The number of nitrogens with zero attached hydrogens (tertiary/aromatic N) is 3. The SMILES string of the molecule is CNc1nc(N[C@@H](CO)CC2CC2)nc(SC(C)c2ccc(C)cc2F)n1. The fourth-order valence-electron chi connectivity index (χ4n) is 2.89. The molecule has 1 fully saturated rings. The van der Waals surface area contributed by atoms with Crippen LogP contribution >= 0.6 is 11.8 Å². The van der Waals surface area contributed by atoms with E-state index in [-0.39, 0.29) is 23.7 Å². The molecular weight excluding hydrogens is 365 g/mol. The number of halogens is 1. The summed E-state index contributed by atoms with van der Waals surface area (Å²) in [5.74, 6) is 1.32. The average Bonchev–Trinajstić information content (AvgIpc) is 3.44. The molecule has 6 nitrogen and oxygen atoms in total. The van der Waals surface area contributed by atoms with Gasteiger partial charge in [-0.15, -0.1) is 0 Å². The van der Waals surface area contributed by atoms with Crippen molar-refractivity contribution in [3.8, 4) is 0 Å². The van der Waals surface area contributed by atoms with Crippen molar-refractivity contribution in [2.24, 2.45) is 5.92 Å². The standard InChI is InChI=1S/C19H26FN5OS/c1-11-4-7-15(16(20)8-11)12(2)27-19-24-17(21-3)23-18(25-19)22-14(10-26)9-13-5-6-13/h4,7-8,12-14,26H,5-6,9-10H2,1-3H3,(H2,21,22,23,24,25)/t12?,14-/m1/s1. The summed E-state index contributed by atoms with van der Waals surface area (Å²) in [6.07, 6.45) is 3.35. The molecule has 1 aromatic heterocycles. The highest BCUT2D eigenvalue weighted by Crippen LogP contribution is 2.36. The normalized spacial score (nSPS) is 16.0. The van der Waals surface area contributed by atoms with Gasteiger partial charge in [0.05, 0.1) is 12.6 Å². The summed E-state index contributed by atoms with van der Waals surface area (Å²) in [6.45, 7) is 3.83. The van der Waals surface area contributed by atoms with Crippen molar-refractivity contribution in [1.82, 2.24) is 15.0 Å². The maximum atomic E-state index is 14.3. The van der Waals surface area contributed by atoms with Crippen LogP contribution in [-0.2, 0) is 0 Å². The Balaban J connectivity index is 1.75. The molecule has 1 saturated carbocycles. The highest BCUT2D eigenvalue weighted by molar-refractivity contribution is 7.99. The lowest BCUT2D eigenvalue weighted by atomic mass is 10.1. The van der Waals surface area contributed by atoms with Crippen molar-refractivity contribution in [2.45, 2.75) is 49.6 Å². The molecule has 27 heavy (non-hydrogen) atoms. The Hall–Kier alpha value is -1.93. The van der Waals surface area contributed by atoms with Gasteiger partial charge >= 0.3 is 0 Å². The Bertz CT molecular complexity index is 787. The van der Waals surface area contributed by atoms with Crippen LogP contribution in [0.3, 0.4) is 0 Å². The zero-order valence-electron chi connectivity index (χ0n) is 15.9. The molecule has 0 radical (unpaired) electrons. The van der Waals surface area contributed by atoms with E-state index in [1.54, 1.807) is 13.1 Å². The Morgan fingerprint density at radius 3 is 2.63 bits per heavy atom. The predicted octanol–water partition coefficient (Wildman–Crippen LogP) is 3.79. The second-order valence-electron chi connectivity index (χ2n) is 7.00. The van der Waals surface area contributed by atoms with Gasteiger partial charge in [0.15, 0.2) is 5.16 Å². The molecule has 2 aromatic rings. The van der Waals surface area contributed by atoms with E-state index in [1.807, 2.05) is 19.9 Å². The Morgan fingerprint density at radius 1 is 1.26 bits per heavy atom. The van der Waals surface area contributed by atoms with Gasteiger partial charge in [0.25, 0.3) is 0 Å². The molecule has 1 aromatic carbocycles. The first-order valence-electron chi connectivity index (χ1n) is 9.22. The highest BCUT2D eigenvalue weighted by Gasteiger charge is 2.26. The zero-order chi connectivity index (χ0) is 19.4. The molecule has 2 atom stereocenters. The topological polar surface area (TPSA) is 83.0 Å². The van der Waals surface area contributed by atoms with Gasteiger partial charge in [0.1, 0.15) is 5.82 Å². The van der Waals surface area contributed by atoms with Gasteiger partial charge in [-0.3, -0.25) is 0 Å². The third-order valence-electron chi connectivity index (χ3n) is 4.58. The molecule has 0 spiro atoms. The third-order valence-corrected chi connectivity index (χ3v) is 5.58. The van der Waals surface area contributed by atoms with E-state index >= 15 is 0 Å². The fraction of sp³-hybridized carbons (Fsp3) is 0.526. The van der Waals surface area contributed by atoms with Gasteiger partial charge < -0.3 is 15.7 Å². The molecular formula is C19H26FN5OS. The summed E-state index contributed by atoms with van der Waals surface area (Å²) < 4.78 is 14.3. The number of anilines is 2. The molecule has 8 heteroatoms. The van der Waals surface area contributed by atoms with Crippen LogP contribution in [0.1, 0.15) is 42.6 Å². The van der Waals surface area contributed by atoms with E-state index in [1.165, 1.54) is 30.7 Å². The Morgan fingerprint density at radius 2 is 2.00 bits per heavy atom. The molecule has 146 valence electrons. The quantitative estimate of drug-likeness (QED) is 0.561. The van der Waals surface area contributed by atoms with Crippen LogP contribution in [0, 0.1) is 18.7 Å². The van der Waals surface area contributed by atoms with Crippen molar-refractivity contribution in [2.75, 3.05) is 24.3 Å². The van der Waals surface area contributed by atoms with E-state index in [0.717, 1.165) is 12.0 Å². The van der Waals surface area contributed by atoms with Crippen molar-refractivity contribution < 1.29 is 9.50 Å². The van der Waals surface area contributed by atoms with E-state index in [4.69, 9.17) is 0 Å². The van der Waals surface area contributed by atoms with Crippen LogP contribution in [-0.4, -0.2) is 39.8 Å². The first-order chi connectivity index (χ1) is 13.0. The molecule has 0 aliphatic heterocycles. The number of thioether (sulfide) groups is 1. The Kier molecular flexibility index (Phi) is 6.49. The highest BCUT2D eigenvalue weighted by atomic mass is 32.2. The van der Waals surface area contributed by atoms with E-state index in [2.05, 4.69) is 25.6 Å². The first-order valence-corrected chi connectivity index (χ1v) is 10.1. The number of hydrogen-bond donors (Lipinski definition) is 3. The third kappa shape index (κ3) is 5.52. The first kappa shape index (κ1) is 19.8. The van der Waals surface area contributed by atoms with Gasteiger partial charge in [-0.05, 0) is 37.8 Å². The minimum atomic E-state index is -0.221. The second-order valence-corrected chi connectivity index (χ2v) is 8.31. The molecule has 3 rings (SSSR count). The number of aliphatic hydroxyl groups excluding tert-OH is 1. The van der Waals surface area contributed by atoms with Crippen molar-refractivity contribution in [3.05, 3.63) is 35.1 Å². The zero-order valence-corrected chi connectivity index (χ0v) is 16.7. The predicted molar refractivity (Wildman–Crippen MR) is 107 cm³/mol. The molecule has 1 aliphatic carbocycles. The van der Waals surface area contributed by atoms with Gasteiger partial charge in [-0.25, -0.2) is 4.39 Å². The summed E-state index contributed by atoms with van der Waals surface area (Å²) in [5, 5.41) is 16.1. The summed E-state index contributed by atoms with van der Waals surface area (Å²) >= 11 is 1.38. The van der Waals surface area contributed by atoms with E-state index in [0.29, 0.717) is 28.5 Å². The molecule has 0 saturated heterocycles. The smallest absolute Gasteiger partial charge is 0.228 e. The number of rotatable bonds is 9. The number of benzene rings is 1. The summed E-state index contributed by atoms with van der Waals surface area (Å²) in [4.78, 5) is 13.2. The number of aromatic nitrogens is 3. The summed E-state index contributed by atoms with van der Waals surface area (Å²) in [5.41, 5.74) is 1.51. The molecule has 0 bridgehead atoms. The Labute approximate surface area is 163 Å². The second kappa shape index (κ2) is 8.84. The number of aliphatic hydroxyl groups is 1. The van der Waals surface area contributed by atoms with Crippen LogP contribution in [0.5, 0.6) is 0 Å². The molecule has 0 amide bonds. The fourth-order valence-corrected chi connectivity index (χ4v) is 3.80. The molecule has 3 N–H and O–H groups in total. The van der Waals surface area contributed by atoms with Crippen LogP contribution in [0.15, 0.2) is 23.4 Å². The number of aryl methyl sites for hydroxylation is 1. The van der Waals surface area contributed by atoms with Gasteiger partial charge in [0, 0.05) is 17.9 Å². The van der Waals surface area contributed by atoms with E-state index < -0.39 is 0 Å². The van der Waals surface area contributed by atoms with Crippen LogP contribution in [0.25, 0.3) is 0 Å². The molecule has 1 aliphatic rings. The number of nitrogens with one attached hydrogen (secondary N) is 2. The van der Waals surface area contributed by atoms with Crippen LogP contribution < -0.4 is 10.6 Å². The molecule has 1 unspecified atom stereocenters. The largest absolute Gasteiger partial charge is 0.394 e. The number of hydrogen-bond acceptors (Lipinski definition) is 7. The maximum Gasteiger partial charge on any atom is 0.228 e. The van der Waals surface area contributed by atoms with Crippen LogP contribution in [0.4, 0.5) is 16.3 Å². The van der Waals surface area contributed by atoms with Gasteiger partial charge in [0.2, 0.25) is 11.9 Å². The van der Waals surface area contributed by atoms with Crippen molar-refractivity contribution >= 4 is 23.7 Å². The minimum Gasteiger partial charge on any atom is -0.394 e. The van der Waals surface area contributed by atoms with Crippen LogP contribution in [0.2, 0.25) is 0 Å². The monoisotopic (exact) mass is 391 g/mol. The average molecular weight is 392 g/mol. The minimum absolute atomic E-state index is 0.0323. The van der Waals surface area contributed by atoms with Gasteiger partial charge in [-0.2, -0.15) is 15.0 Å². The van der Waals surface area contributed by atoms with Crippen molar-refractivity contribution in [1.29, 1.82) is 0 Å².